The molecule has 0 amide bonds. The molecule has 0 radical (unpaired) electrons. The summed E-state index contributed by atoms with van der Waals surface area (Å²) in [6, 6.07) is 0. The van der Waals surface area contributed by atoms with Gasteiger partial charge >= 0.3 is 5.97 Å². The zero-order chi connectivity index (χ0) is 19.7. The number of rotatable bonds is 11. The first-order valence-corrected chi connectivity index (χ1v) is 10.9. The van der Waals surface area contributed by atoms with E-state index in [-0.39, 0.29) is 12.2 Å². The third-order valence-electron chi connectivity index (χ3n) is 5.32. The van der Waals surface area contributed by atoms with Crippen molar-refractivity contribution in [2.24, 2.45) is 11.8 Å². The summed E-state index contributed by atoms with van der Waals surface area (Å²) in [6.07, 6.45) is 27.0. The van der Waals surface area contributed by atoms with Crippen LogP contribution in [-0.2, 0) is 9.59 Å². The van der Waals surface area contributed by atoms with Crippen molar-refractivity contribution in [2.45, 2.75) is 90.4 Å². The second kappa shape index (κ2) is 15.4. The van der Waals surface area contributed by atoms with Gasteiger partial charge in [-0.3, -0.25) is 9.59 Å². The number of carboxylic acids is 1. The Kier molecular flexibility index (Phi) is 13.4. The zero-order valence-corrected chi connectivity index (χ0v) is 17.1. The van der Waals surface area contributed by atoms with Crippen LogP contribution in [0.5, 0.6) is 0 Å². The topological polar surface area (TPSA) is 54.4 Å². The van der Waals surface area contributed by atoms with Crippen molar-refractivity contribution in [1.82, 2.24) is 0 Å². The van der Waals surface area contributed by atoms with Gasteiger partial charge in [-0.2, -0.15) is 0 Å². The summed E-state index contributed by atoms with van der Waals surface area (Å²) < 4.78 is 0. The minimum absolute atomic E-state index is 0.252. The van der Waals surface area contributed by atoms with Crippen LogP contribution in [0.1, 0.15) is 90.4 Å². The maximum absolute atomic E-state index is 10.4. The molecule has 1 N–H and O–H groups in total. The highest BCUT2D eigenvalue weighted by molar-refractivity contribution is 5.91. The van der Waals surface area contributed by atoms with Crippen LogP contribution in [0, 0.1) is 11.8 Å². The van der Waals surface area contributed by atoms with E-state index in [1.165, 1.54) is 51.4 Å². The van der Waals surface area contributed by atoms with E-state index < -0.39 is 5.97 Å². The van der Waals surface area contributed by atoms with Crippen molar-refractivity contribution in [3.8, 4) is 0 Å². The van der Waals surface area contributed by atoms with Gasteiger partial charge in [-0.15, -0.1) is 0 Å². The lowest BCUT2D eigenvalue weighted by Gasteiger charge is -2.13. The molecule has 0 unspecified atom stereocenters. The monoisotopic (exact) mass is 374 g/mol. The highest BCUT2D eigenvalue weighted by Gasteiger charge is 2.23. The fraction of sp³-hybridized carbons (Fsp3) is 0.667. The molecule has 0 spiro atoms. The second-order valence-corrected chi connectivity index (χ2v) is 7.68. The van der Waals surface area contributed by atoms with E-state index >= 15 is 0 Å². The first-order valence-electron chi connectivity index (χ1n) is 10.9. The van der Waals surface area contributed by atoms with Crippen molar-refractivity contribution in [2.75, 3.05) is 0 Å². The van der Waals surface area contributed by atoms with E-state index in [1.807, 2.05) is 12.2 Å². The van der Waals surface area contributed by atoms with Gasteiger partial charge in [0, 0.05) is 12.8 Å². The lowest BCUT2D eigenvalue weighted by molar-refractivity contribution is -0.136. The normalized spacial score (nSPS) is 21.9. The largest absolute Gasteiger partial charge is 0.481 e. The van der Waals surface area contributed by atoms with E-state index in [2.05, 4.69) is 25.2 Å². The van der Waals surface area contributed by atoms with E-state index in [1.54, 1.807) is 6.08 Å². The molecule has 2 atom stereocenters. The second-order valence-electron chi connectivity index (χ2n) is 7.68. The van der Waals surface area contributed by atoms with Crippen molar-refractivity contribution in [1.29, 1.82) is 0 Å². The van der Waals surface area contributed by atoms with Gasteiger partial charge in [0.05, 0.1) is 0 Å². The summed E-state index contributed by atoms with van der Waals surface area (Å²) in [5.74, 6) is 1.10. The van der Waals surface area contributed by atoms with Crippen molar-refractivity contribution >= 4 is 11.8 Å². The number of aliphatic carboxylic acids is 1. The average molecular weight is 375 g/mol. The molecule has 2 rings (SSSR count). The number of hydrogen-bond donors (Lipinski definition) is 1. The SMILES string of the molecule is CCCCCC/C=C/[C@H]1CCC[C@@H]1C/C=C\CCC(=O)O.O=C1C=CCC1. The van der Waals surface area contributed by atoms with Gasteiger partial charge in [0.15, 0.2) is 5.78 Å². The molecule has 3 nitrogen and oxygen atoms in total. The van der Waals surface area contributed by atoms with Crippen LogP contribution < -0.4 is 0 Å². The summed E-state index contributed by atoms with van der Waals surface area (Å²) >= 11 is 0. The highest BCUT2D eigenvalue weighted by Crippen LogP contribution is 2.35. The van der Waals surface area contributed by atoms with Crippen LogP contribution in [0.25, 0.3) is 0 Å². The molecular formula is C24H38O3. The fourth-order valence-corrected chi connectivity index (χ4v) is 3.69. The lowest BCUT2D eigenvalue weighted by Crippen LogP contribution is -2.03. The molecule has 0 bridgehead atoms. The van der Waals surface area contributed by atoms with Gasteiger partial charge in [-0.1, -0.05) is 63.0 Å². The average Bonchev–Trinajstić information content (AvgIpc) is 3.29. The quantitative estimate of drug-likeness (QED) is 0.325. The molecule has 0 aromatic rings. The van der Waals surface area contributed by atoms with Crippen LogP contribution in [0.3, 0.4) is 0 Å². The molecule has 0 aromatic heterocycles. The Morgan fingerprint density at radius 1 is 1.15 bits per heavy atom. The number of carbonyl (C=O) groups excluding carboxylic acids is 1. The van der Waals surface area contributed by atoms with E-state index in [0.29, 0.717) is 6.42 Å². The van der Waals surface area contributed by atoms with Crippen molar-refractivity contribution in [3.05, 3.63) is 36.5 Å². The van der Waals surface area contributed by atoms with Gasteiger partial charge in [0.25, 0.3) is 0 Å². The maximum Gasteiger partial charge on any atom is 0.303 e. The van der Waals surface area contributed by atoms with Gasteiger partial charge in [-0.05, 0) is 62.9 Å². The minimum atomic E-state index is -0.704. The van der Waals surface area contributed by atoms with Crippen LogP contribution in [0.4, 0.5) is 0 Å². The number of unbranched alkanes of at least 4 members (excludes halogenated alkanes) is 4. The van der Waals surface area contributed by atoms with Gasteiger partial charge in [-0.25, -0.2) is 0 Å². The molecule has 1 fully saturated rings. The van der Waals surface area contributed by atoms with Gasteiger partial charge < -0.3 is 5.11 Å². The van der Waals surface area contributed by atoms with E-state index in [9.17, 15) is 9.59 Å². The molecule has 2 aliphatic rings. The first-order chi connectivity index (χ1) is 13.1. The van der Waals surface area contributed by atoms with Crippen molar-refractivity contribution < 1.29 is 14.7 Å². The first kappa shape index (κ1) is 23.4. The standard InChI is InChI=1S/C19H32O2.C5H6O/c1-2-3-4-5-6-8-12-17-14-11-15-18(17)13-9-7-10-16-19(20)21;6-5-3-1-2-4-5/h7-9,12,17-18H,2-6,10-11,13-16H2,1H3,(H,20,21);1,3H,2,4H2/b9-7-,12-8+;/t17-,18-;/m0./s1. The summed E-state index contributed by atoms with van der Waals surface area (Å²) in [4.78, 5) is 20.6. The molecule has 3 heteroatoms. The summed E-state index contributed by atoms with van der Waals surface area (Å²) in [6.45, 7) is 2.25. The fourth-order valence-electron chi connectivity index (χ4n) is 3.69. The van der Waals surface area contributed by atoms with Crippen molar-refractivity contribution in [3.63, 3.8) is 0 Å². The van der Waals surface area contributed by atoms with Gasteiger partial charge in [0.1, 0.15) is 0 Å². The van der Waals surface area contributed by atoms with E-state index in [0.717, 1.165) is 31.1 Å². The third-order valence-corrected chi connectivity index (χ3v) is 5.32. The molecule has 152 valence electrons. The van der Waals surface area contributed by atoms with Crippen LogP contribution in [0.15, 0.2) is 36.5 Å². The molecule has 0 heterocycles. The Labute approximate surface area is 165 Å². The number of carboxylic acid groups (broad SMARTS) is 1. The molecule has 0 aromatic carbocycles. The molecule has 1 saturated carbocycles. The summed E-state index contributed by atoms with van der Waals surface area (Å²) in [5, 5.41) is 8.60. The number of carbonyl (C=O) groups is 2. The maximum atomic E-state index is 10.4. The van der Waals surface area contributed by atoms with Crippen LogP contribution in [-0.4, -0.2) is 16.9 Å². The van der Waals surface area contributed by atoms with E-state index in [4.69, 9.17) is 5.11 Å². The lowest BCUT2D eigenvalue weighted by atomic mass is 9.92. The Balaban J connectivity index is 0.000000511. The molecule has 2 aliphatic carbocycles. The highest BCUT2D eigenvalue weighted by atomic mass is 16.4. The molecular weight excluding hydrogens is 336 g/mol. The van der Waals surface area contributed by atoms with Crippen LogP contribution >= 0.6 is 0 Å². The summed E-state index contributed by atoms with van der Waals surface area (Å²) in [7, 11) is 0. The van der Waals surface area contributed by atoms with Crippen LogP contribution in [0.2, 0.25) is 0 Å². The Morgan fingerprint density at radius 3 is 2.63 bits per heavy atom. The number of hydrogen-bond acceptors (Lipinski definition) is 2. The minimum Gasteiger partial charge on any atom is -0.481 e. The van der Waals surface area contributed by atoms with Gasteiger partial charge in [0.2, 0.25) is 0 Å². The molecule has 27 heavy (non-hydrogen) atoms. The predicted molar refractivity (Wildman–Crippen MR) is 113 cm³/mol. The molecule has 0 saturated heterocycles. The smallest absolute Gasteiger partial charge is 0.303 e. The Hall–Kier alpha value is -1.64. The Bertz CT molecular complexity index is 502. The molecule has 0 aliphatic heterocycles. The predicted octanol–water partition coefficient (Wildman–Crippen LogP) is 6.65. The zero-order valence-electron chi connectivity index (χ0n) is 17.1. The number of ketones is 1. The third kappa shape index (κ3) is 12.4. The number of allylic oxidation sites excluding steroid dienone is 6. The Morgan fingerprint density at radius 2 is 2.00 bits per heavy atom. The summed E-state index contributed by atoms with van der Waals surface area (Å²) in [5.41, 5.74) is 0.